The van der Waals surface area contributed by atoms with Crippen LogP contribution < -0.4 is 4.74 Å². The smallest absolute Gasteiger partial charge is 0.124 e. The van der Waals surface area contributed by atoms with E-state index in [1.54, 1.807) is 7.11 Å². The summed E-state index contributed by atoms with van der Waals surface area (Å²) < 4.78 is 4.99. The van der Waals surface area contributed by atoms with Gasteiger partial charge in [-0.1, -0.05) is 12.1 Å². The normalized spacial score (nSPS) is 8.23. The lowest BCUT2D eigenvalue weighted by Crippen LogP contribution is -1.87. The molecular formula is C10H14O3. The zero-order chi connectivity index (χ0) is 10.1. The van der Waals surface area contributed by atoms with Gasteiger partial charge in [-0.05, 0) is 17.7 Å². The van der Waals surface area contributed by atoms with Crippen molar-refractivity contribution >= 4 is 6.29 Å². The summed E-state index contributed by atoms with van der Waals surface area (Å²) in [5.74, 6) is 0.796. The van der Waals surface area contributed by atoms with Crippen LogP contribution in [0.2, 0.25) is 0 Å². The van der Waals surface area contributed by atoms with Gasteiger partial charge in [0.1, 0.15) is 12.0 Å². The maximum Gasteiger partial charge on any atom is 0.124 e. The average Bonchev–Trinajstić information content (AvgIpc) is 2.22. The van der Waals surface area contributed by atoms with Gasteiger partial charge in [-0.15, -0.1) is 0 Å². The van der Waals surface area contributed by atoms with Crippen molar-refractivity contribution in [2.24, 2.45) is 0 Å². The van der Waals surface area contributed by atoms with Gasteiger partial charge >= 0.3 is 0 Å². The van der Waals surface area contributed by atoms with Gasteiger partial charge in [0.05, 0.1) is 7.11 Å². The predicted octanol–water partition coefficient (Wildman–Crippen LogP) is 1.05. The number of rotatable bonds is 3. The quantitative estimate of drug-likeness (QED) is 0.710. The Bertz CT molecular complexity index is 246. The van der Waals surface area contributed by atoms with Gasteiger partial charge in [-0.25, -0.2) is 0 Å². The number of benzene rings is 1. The van der Waals surface area contributed by atoms with E-state index in [4.69, 9.17) is 9.84 Å². The van der Waals surface area contributed by atoms with Gasteiger partial charge in [0.2, 0.25) is 0 Å². The second kappa shape index (κ2) is 7.31. The van der Waals surface area contributed by atoms with Crippen LogP contribution in [0.4, 0.5) is 0 Å². The third-order valence-electron chi connectivity index (χ3n) is 1.45. The summed E-state index contributed by atoms with van der Waals surface area (Å²) in [5.41, 5.74) is 0.986. The number of carbonyl (C=O) groups excluding carboxylic acids is 1. The molecule has 0 aliphatic heterocycles. The lowest BCUT2D eigenvalue weighted by Gasteiger charge is -1.99. The topological polar surface area (TPSA) is 46.5 Å². The minimum Gasteiger partial charge on any atom is -0.497 e. The van der Waals surface area contributed by atoms with Crippen molar-refractivity contribution in [1.29, 1.82) is 0 Å². The first-order valence-corrected chi connectivity index (χ1v) is 3.88. The zero-order valence-corrected chi connectivity index (χ0v) is 7.86. The van der Waals surface area contributed by atoms with Crippen LogP contribution in [0, 0.1) is 0 Å². The summed E-state index contributed by atoms with van der Waals surface area (Å²) in [6.45, 7) is 0. The van der Waals surface area contributed by atoms with Crippen molar-refractivity contribution in [1.82, 2.24) is 0 Å². The number of hydrogen-bond donors (Lipinski definition) is 1. The first-order chi connectivity index (χ1) is 6.36. The van der Waals surface area contributed by atoms with E-state index in [0.717, 1.165) is 24.7 Å². The summed E-state index contributed by atoms with van der Waals surface area (Å²) >= 11 is 0. The van der Waals surface area contributed by atoms with Crippen LogP contribution in [0.15, 0.2) is 24.3 Å². The third-order valence-corrected chi connectivity index (χ3v) is 1.45. The maximum absolute atomic E-state index is 10.1. The molecule has 0 saturated heterocycles. The second-order valence-corrected chi connectivity index (χ2v) is 2.22. The third kappa shape index (κ3) is 4.28. The van der Waals surface area contributed by atoms with E-state index in [-0.39, 0.29) is 0 Å². The Hall–Kier alpha value is -1.35. The number of carbonyl (C=O) groups is 1. The molecule has 0 heterocycles. The Labute approximate surface area is 78.0 Å². The molecule has 0 fully saturated rings. The largest absolute Gasteiger partial charge is 0.497 e. The van der Waals surface area contributed by atoms with Crippen molar-refractivity contribution in [2.75, 3.05) is 14.2 Å². The number of aldehydes is 1. The molecule has 0 aliphatic rings. The van der Waals surface area contributed by atoms with Crippen molar-refractivity contribution in [2.45, 2.75) is 6.42 Å². The first kappa shape index (κ1) is 11.6. The molecule has 0 aromatic heterocycles. The molecule has 72 valence electrons. The monoisotopic (exact) mass is 182 g/mol. The predicted molar refractivity (Wildman–Crippen MR) is 50.9 cm³/mol. The molecule has 0 bridgehead atoms. The fraction of sp³-hybridized carbons (Fsp3) is 0.300. The highest BCUT2D eigenvalue weighted by Crippen LogP contribution is 2.11. The van der Waals surface area contributed by atoms with E-state index in [1.807, 2.05) is 24.3 Å². The molecule has 1 rings (SSSR count). The van der Waals surface area contributed by atoms with E-state index in [1.165, 1.54) is 0 Å². The fourth-order valence-corrected chi connectivity index (χ4v) is 0.896. The first-order valence-electron chi connectivity index (χ1n) is 3.88. The highest BCUT2D eigenvalue weighted by molar-refractivity contribution is 5.55. The molecule has 1 aromatic rings. The Morgan fingerprint density at radius 1 is 1.46 bits per heavy atom. The van der Waals surface area contributed by atoms with Gasteiger partial charge < -0.3 is 14.6 Å². The number of aliphatic hydroxyl groups excluding tert-OH is 1. The summed E-state index contributed by atoms with van der Waals surface area (Å²) in [4.78, 5) is 10.1. The summed E-state index contributed by atoms with van der Waals surface area (Å²) in [7, 11) is 2.61. The number of ether oxygens (including phenoxy) is 1. The molecule has 1 N–H and O–H groups in total. The van der Waals surface area contributed by atoms with E-state index in [2.05, 4.69) is 0 Å². The molecule has 1 aromatic carbocycles. The second-order valence-electron chi connectivity index (χ2n) is 2.22. The summed E-state index contributed by atoms with van der Waals surface area (Å²) in [6, 6.07) is 7.48. The summed E-state index contributed by atoms with van der Waals surface area (Å²) in [6.07, 6.45) is 1.34. The maximum atomic E-state index is 10.1. The SMILES string of the molecule is CO.COc1cccc(CC=O)c1. The van der Waals surface area contributed by atoms with Crippen LogP contribution in [0.1, 0.15) is 5.56 Å². The zero-order valence-electron chi connectivity index (χ0n) is 7.86. The standard InChI is InChI=1S/C9H10O2.CH4O/c1-11-9-4-2-3-8(7-9)5-6-10;1-2/h2-4,6-7H,5H2,1H3;2H,1H3. The van der Waals surface area contributed by atoms with E-state index >= 15 is 0 Å². The molecule has 0 saturated carbocycles. The highest BCUT2D eigenvalue weighted by atomic mass is 16.5. The van der Waals surface area contributed by atoms with Crippen molar-refractivity contribution < 1.29 is 14.6 Å². The van der Waals surface area contributed by atoms with E-state index in [9.17, 15) is 4.79 Å². The number of aliphatic hydroxyl groups is 1. The molecule has 13 heavy (non-hydrogen) atoms. The van der Waals surface area contributed by atoms with Crippen LogP contribution >= 0.6 is 0 Å². The minimum absolute atomic E-state index is 0.456. The highest BCUT2D eigenvalue weighted by Gasteiger charge is 1.92. The molecule has 0 amide bonds. The Balaban J connectivity index is 0.000000671. The minimum atomic E-state index is 0.456. The Morgan fingerprint density at radius 2 is 2.15 bits per heavy atom. The Morgan fingerprint density at radius 3 is 2.69 bits per heavy atom. The van der Waals surface area contributed by atoms with Crippen molar-refractivity contribution in [3.05, 3.63) is 29.8 Å². The van der Waals surface area contributed by atoms with Crippen LogP contribution in [0.25, 0.3) is 0 Å². The van der Waals surface area contributed by atoms with Gasteiger partial charge in [-0.3, -0.25) is 0 Å². The van der Waals surface area contributed by atoms with Crippen molar-refractivity contribution in [3.8, 4) is 5.75 Å². The van der Waals surface area contributed by atoms with Crippen LogP contribution in [0.5, 0.6) is 5.75 Å². The Kier molecular flexibility index (Phi) is 6.55. The van der Waals surface area contributed by atoms with Gasteiger partial charge in [0.25, 0.3) is 0 Å². The molecule has 0 unspecified atom stereocenters. The van der Waals surface area contributed by atoms with E-state index < -0.39 is 0 Å². The molecule has 0 spiro atoms. The fourth-order valence-electron chi connectivity index (χ4n) is 0.896. The molecule has 3 nitrogen and oxygen atoms in total. The van der Waals surface area contributed by atoms with E-state index in [0.29, 0.717) is 6.42 Å². The molecule has 3 heteroatoms. The lowest BCUT2D eigenvalue weighted by molar-refractivity contribution is -0.107. The van der Waals surface area contributed by atoms with Crippen LogP contribution in [-0.2, 0) is 11.2 Å². The molecular weight excluding hydrogens is 168 g/mol. The van der Waals surface area contributed by atoms with Crippen LogP contribution in [0.3, 0.4) is 0 Å². The van der Waals surface area contributed by atoms with Crippen molar-refractivity contribution in [3.63, 3.8) is 0 Å². The average molecular weight is 182 g/mol. The molecule has 0 atom stereocenters. The molecule has 0 aliphatic carbocycles. The molecule has 0 radical (unpaired) electrons. The van der Waals surface area contributed by atoms with Gasteiger partial charge in [0, 0.05) is 13.5 Å². The van der Waals surface area contributed by atoms with Crippen LogP contribution in [-0.4, -0.2) is 25.6 Å². The van der Waals surface area contributed by atoms with Gasteiger partial charge in [0.15, 0.2) is 0 Å². The number of hydrogen-bond acceptors (Lipinski definition) is 3. The lowest BCUT2D eigenvalue weighted by atomic mass is 10.2. The van der Waals surface area contributed by atoms with Gasteiger partial charge in [-0.2, -0.15) is 0 Å². The summed E-state index contributed by atoms with van der Waals surface area (Å²) in [5, 5.41) is 7.00. The number of methoxy groups -OCH3 is 1.